The summed E-state index contributed by atoms with van der Waals surface area (Å²) in [6.07, 6.45) is 0. The van der Waals surface area contributed by atoms with E-state index in [1.165, 1.54) is 12.1 Å². The van der Waals surface area contributed by atoms with Gasteiger partial charge in [-0.2, -0.15) is 0 Å². The lowest BCUT2D eigenvalue weighted by atomic mass is 10.0. The van der Waals surface area contributed by atoms with Gasteiger partial charge in [0.1, 0.15) is 28.2 Å². The summed E-state index contributed by atoms with van der Waals surface area (Å²) in [6, 6.07) is 9.55. The predicted octanol–water partition coefficient (Wildman–Crippen LogP) is 3.49. The lowest BCUT2D eigenvalue weighted by molar-refractivity contribution is 0.452. The molecule has 0 spiro atoms. The third-order valence-corrected chi connectivity index (χ3v) is 3.59. The molecule has 4 heteroatoms. The molecule has 21 heavy (non-hydrogen) atoms. The summed E-state index contributed by atoms with van der Waals surface area (Å²) in [5, 5.41) is 19.3. The highest BCUT2D eigenvalue weighted by Gasteiger charge is 2.12. The number of fused-ring (bicyclic) bond motifs is 1. The summed E-state index contributed by atoms with van der Waals surface area (Å²) >= 11 is 0. The van der Waals surface area contributed by atoms with Crippen molar-refractivity contribution >= 4 is 11.0 Å². The summed E-state index contributed by atoms with van der Waals surface area (Å²) in [6.45, 7) is 3.99. The van der Waals surface area contributed by atoms with Crippen molar-refractivity contribution in [3.05, 3.63) is 57.7 Å². The van der Waals surface area contributed by atoms with E-state index < -0.39 is 0 Å². The Morgan fingerprint density at radius 1 is 0.952 bits per heavy atom. The van der Waals surface area contributed by atoms with Crippen LogP contribution in [-0.4, -0.2) is 10.2 Å². The first-order chi connectivity index (χ1) is 9.95. The first kappa shape index (κ1) is 13.2. The molecule has 3 aromatic rings. The molecule has 0 atom stereocenters. The molecule has 0 aliphatic carbocycles. The van der Waals surface area contributed by atoms with Gasteiger partial charge in [0.2, 0.25) is 0 Å². The second kappa shape index (κ2) is 4.66. The zero-order valence-electron chi connectivity index (χ0n) is 11.7. The fourth-order valence-electron chi connectivity index (χ4n) is 2.29. The molecule has 3 rings (SSSR count). The maximum absolute atomic E-state index is 12.2. The summed E-state index contributed by atoms with van der Waals surface area (Å²) < 4.78 is 5.67. The third-order valence-electron chi connectivity index (χ3n) is 3.59. The molecule has 0 radical (unpaired) electrons. The van der Waals surface area contributed by atoms with Gasteiger partial charge in [0.25, 0.3) is 0 Å². The summed E-state index contributed by atoms with van der Waals surface area (Å²) in [4.78, 5) is 12.2. The molecule has 2 N–H and O–H groups in total. The molecule has 0 fully saturated rings. The molecule has 0 saturated carbocycles. The second-order valence-corrected chi connectivity index (χ2v) is 5.11. The van der Waals surface area contributed by atoms with Gasteiger partial charge in [-0.15, -0.1) is 0 Å². The summed E-state index contributed by atoms with van der Waals surface area (Å²) in [5.41, 5.74) is 2.83. The van der Waals surface area contributed by atoms with Crippen LogP contribution in [-0.2, 0) is 0 Å². The number of aromatic hydroxyl groups is 2. The van der Waals surface area contributed by atoms with Crippen LogP contribution in [0.4, 0.5) is 0 Å². The minimum Gasteiger partial charge on any atom is -0.508 e. The highest BCUT2D eigenvalue weighted by atomic mass is 16.3. The minimum atomic E-state index is -0.345. The highest BCUT2D eigenvalue weighted by molar-refractivity contribution is 5.86. The predicted molar refractivity (Wildman–Crippen MR) is 80.7 cm³/mol. The van der Waals surface area contributed by atoms with Crippen molar-refractivity contribution in [3.63, 3.8) is 0 Å². The van der Waals surface area contributed by atoms with E-state index in [2.05, 4.69) is 0 Å². The van der Waals surface area contributed by atoms with Crippen molar-refractivity contribution in [2.75, 3.05) is 0 Å². The Kier molecular flexibility index (Phi) is 2.94. The Bertz CT molecular complexity index is 907. The topological polar surface area (TPSA) is 70.7 Å². The highest BCUT2D eigenvalue weighted by Crippen LogP contribution is 2.30. The molecule has 0 aliphatic heterocycles. The smallest absolute Gasteiger partial charge is 0.197 e. The lowest BCUT2D eigenvalue weighted by Crippen LogP contribution is -2.00. The van der Waals surface area contributed by atoms with E-state index >= 15 is 0 Å². The molecule has 0 saturated heterocycles. The third kappa shape index (κ3) is 2.25. The van der Waals surface area contributed by atoms with Crippen LogP contribution >= 0.6 is 0 Å². The number of hydrogen-bond donors (Lipinski definition) is 2. The van der Waals surface area contributed by atoms with Crippen LogP contribution in [0.25, 0.3) is 22.3 Å². The minimum absolute atomic E-state index is 0.0698. The van der Waals surface area contributed by atoms with Gasteiger partial charge < -0.3 is 14.6 Å². The van der Waals surface area contributed by atoms with E-state index in [0.29, 0.717) is 5.76 Å². The van der Waals surface area contributed by atoms with Crippen molar-refractivity contribution in [1.82, 2.24) is 0 Å². The van der Waals surface area contributed by atoms with Gasteiger partial charge in [-0.25, -0.2) is 0 Å². The van der Waals surface area contributed by atoms with E-state index in [0.717, 1.165) is 22.8 Å². The number of phenolic OH excluding ortho intramolecular Hbond substituents is 2. The summed E-state index contributed by atoms with van der Waals surface area (Å²) in [7, 11) is 0. The Labute approximate surface area is 120 Å². The molecule has 106 valence electrons. The Morgan fingerprint density at radius 2 is 1.71 bits per heavy atom. The zero-order valence-corrected chi connectivity index (χ0v) is 11.7. The lowest BCUT2D eigenvalue weighted by Gasteiger charge is -2.07. The first-order valence-corrected chi connectivity index (χ1v) is 6.53. The van der Waals surface area contributed by atoms with Gasteiger partial charge in [-0.3, -0.25) is 4.79 Å². The Hall–Kier alpha value is -2.75. The molecular weight excluding hydrogens is 268 g/mol. The van der Waals surface area contributed by atoms with Crippen LogP contribution in [0.3, 0.4) is 0 Å². The Morgan fingerprint density at radius 3 is 2.43 bits per heavy atom. The van der Waals surface area contributed by atoms with E-state index in [4.69, 9.17) is 4.42 Å². The van der Waals surface area contributed by atoms with Crippen LogP contribution in [0.5, 0.6) is 11.5 Å². The molecule has 0 bridgehead atoms. The summed E-state index contributed by atoms with van der Waals surface area (Å²) in [5.74, 6) is -0.0358. The molecule has 0 aliphatic rings. The monoisotopic (exact) mass is 282 g/mol. The van der Waals surface area contributed by atoms with E-state index in [-0.39, 0.29) is 27.9 Å². The number of benzene rings is 2. The van der Waals surface area contributed by atoms with E-state index in [1.807, 2.05) is 32.0 Å². The van der Waals surface area contributed by atoms with Crippen LogP contribution in [0, 0.1) is 13.8 Å². The van der Waals surface area contributed by atoms with E-state index in [1.54, 1.807) is 0 Å². The average molecular weight is 282 g/mol. The average Bonchev–Trinajstić information content (AvgIpc) is 2.40. The van der Waals surface area contributed by atoms with Gasteiger partial charge in [0.05, 0.1) is 0 Å². The SMILES string of the molecule is Cc1ccc(-c2cc(=O)c3c(O)cc(O)cc3o2)cc1C. The van der Waals surface area contributed by atoms with Gasteiger partial charge in [-0.05, 0) is 31.0 Å². The number of aryl methyl sites for hydroxylation is 2. The number of phenols is 2. The quantitative estimate of drug-likeness (QED) is 0.716. The zero-order chi connectivity index (χ0) is 15.1. The maximum Gasteiger partial charge on any atom is 0.197 e. The van der Waals surface area contributed by atoms with Crippen LogP contribution in [0.2, 0.25) is 0 Å². The van der Waals surface area contributed by atoms with Crippen LogP contribution < -0.4 is 5.43 Å². The van der Waals surface area contributed by atoms with Gasteiger partial charge >= 0.3 is 0 Å². The largest absolute Gasteiger partial charge is 0.508 e. The number of rotatable bonds is 1. The van der Waals surface area contributed by atoms with Crippen molar-refractivity contribution in [2.45, 2.75) is 13.8 Å². The standard InChI is InChI=1S/C17H14O4/c1-9-3-4-11(5-10(9)2)15-8-14(20)17-13(19)6-12(18)7-16(17)21-15/h3-8,18-19H,1-2H3. The van der Waals surface area contributed by atoms with Crippen LogP contribution in [0.1, 0.15) is 11.1 Å². The van der Waals surface area contributed by atoms with Gasteiger partial charge in [-0.1, -0.05) is 12.1 Å². The molecule has 1 aromatic heterocycles. The maximum atomic E-state index is 12.2. The van der Waals surface area contributed by atoms with Gasteiger partial charge in [0, 0.05) is 23.8 Å². The fourth-order valence-corrected chi connectivity index (χ4v) is 2.29. The van der Waals surface area contributed by atoms with Crippen LogP contribution in [0.15, 0.2) is 45.6 Å². The van der Waals surface area contributed by atoms with Crippen molar-refractivity contribution in [3.8, 4) is 22.8 Å². The fraction of sp³-hybridized carbons (Fsp3) is 0.118. The molecule has 4 nitrogen and oxygen atoms in total. The molecule has 0 amide bonds. The molecular formula is C17H14O4. The van der Waals surface area contributed by atoms with Crippen molar-refractivity contribution < 1.29 is 14.6 Å². The van der Waals surface area contributed by atoms with Gasteiger partial charge in [0.15, 0.2) is 5.43 Å². The molecule has 0 unspecified atom stereocenters. The second-order valence-electron chi connectivity index (χ2n) is 5.11. The van der Waals surface area contributed by atoms with E-state index in [9.17, 15) is 15.0 Å². The molecule has 2 aromatic carbocycles. The normalized spacial score (nSPS) is 11.0. The first-order valence-electron chi connectivity index (χ1n) is 6.53. The Balaban J connectivity index is 2.29. The van der Waals surface area contributed by atoms with Crippen molar-refractivity contribution in [1.29, 1.82) is 0 Å². The number of hydrogen-bond acceptors (Lipinski definition) is 4. The molecule has 1 heterocycles. The van der Waals surface area contributed by atoms with Crippen molar-refractivity contribution in [2.24, 2.45) is 0 Å².